The summed E-state index contributed by atoms with van der Waals surface area (Å²) in [7, 11) is 0. The SMILES string of the molecule is CC(=O)/C=C(/C)O.Cc1ccc2c(n1)oc1c(-c3cc4cc(-c5cc(C(C)(C)C)cc(C(C)(C)C)c5)oc4cn3)[c-]ccc12.[Ir]. The average molecular weight is 780 g/mol. The Balaban J connectivity index is 0.000000519. The fourth-order valence-electron chi connectivity index (χ4n) is 5.06. The molecule has 45 heavy (non-hydrogen) atoms. The number of furan rings is 2. The van der Waals surface area contributed by atoms with Gasteiger partial charge in [0, 0.05) is 48.2 Å². The predicted octanol–water partition coefficient (Wildman–Crippen LogP) is 10.2. The molecule has 0 bridgehead atoms. The van der Waals surface area contributed by atoms with Crippen molar-refractivity contribution in [3.8, 4) is 22.6 Å². The first-order valence-electron chi connectivity index (χ1n) is 14.7. The third kappa shape index (κ3) is 7.43. The van der Waals surface area contributed by atoms with Crippen LogP contribution in [-0.4, -0.2) is 20.9 Å². The van der Waals surface area contributed by atoms with Crippen molar-refractivity contribution in [3.63, 3.8) is 0 Å². The van der Waals surface area contributed by atoms with Crippen LogP contribution in [0, 0.1) is 13.0 Å². The van der Waals surface area contributed by atoms with Crippen LogP contribution in [0.2, 0.25) is 0 Å². The molecule has 1 radical (unpaired) electrons. The van der Waals surface area contributed by atoms with Crippen molar-refractivity contribution in [2.75, 3.05) is 0 Å². The number of nitrogens with zero attached hydrogens (tertiary/aromatic N) is 2. The molecule has 6 nitrogen and oxygen atoms in total. The minimum atomic E-state index is -0.125. The van der Waals surface area contributed by atoms with Gasteiger partial charge in [0.2, 0.25) is 5.71 Å². The fraction of sp³-hybridized carbons (Fsp3) is 0.289. The van der Waals surface area contributed by atoms with Gasteiger partial charge in [-0.1, -0.05) is 64.6 Å². The molecule has 0 saturated heterocycles. The van der Waals surface area contributed by atoms with Crippen molar-refractivity contribution in [3.05, 3.63) is 95.5 Å². The monoisotopic (exact) mass is 780 g/mol. The molecular formula is C38H39IrN2O4-. The molecule has 0 fully saturated rings. The molecule has 6 rings (SSSR count). The van der Waals surface area contributed by atoms with E-state index in [0.717, 1.165) is 55.6 Å². The molecule has 1 N–H and O–H groups in total. The molecule has 4 aromatic heterocycles. The van der Waals surface area contributed by atoms with E-state index in [2.05, 4.69) is 89.0 Å². The first-order chi connectivity index (χ1) is 20.6. The van der Waals surface area contributed by atoms with Gasteiger partial charge < -0.3 is 18.9 Å². The molecule has 0 saturated carbocycles. The Morgan fingerprint density at radius 2 is 1.56 bits per heavy atom. The number of rotatable bonds is 3. The second kappa shape index (κ2) is 12.7. The summed E-state index contributed by atoms with van der Waals surface area (Å²) >= 11 is 0. The smallest absolute Gasteiger partial charge is 0.216 e. The van der Waals surface area contributed by atoms with E-state index in [1.807, 2.05) is 25.1 Å². The summed E-state index contributed by atoms with van der Waals surface area (Å²) in [4.78, 5) is 19.3. The molecule has 235 valence electrons. The van der Waals surface area contributed by atoms with Gasteiger partial charge in [0.15, 0.2) is 11.4 Å². The Morgan fingerprint density at radius 1 is 0.889 bits per heavy atom. The van der Waals surface area contributed by atoms with Gasteiger partial charge in [0.25, 0.3) is 0 Å². The van der Waals surface area contributed by atoms with Crippen LogP contribution in [0.1, 0.15) is 72.2 Å². The van der Waals surface area contributed by atoms with E-state index in [-0.39, 0.29) is 42.5 Å². The van der Waals surface area contributed by atoms with E-state index in [1.165, 1.54) is 31.1 Å². The number of aromatic nitrogens is 2. The molecule has 0 atom stereocenters. The third-order valence-electron chi connectivity index (χ3n) is 7.46. The summed E-state index contributed by atoms with van der Waals surface area (Å²) in [5.41, 5.74) is 8.42. The van der Waals surface area contributed by atoms with Crippen LogP contribution in [-0.2, 0) is 35.7 Å². The minimum Gasteiger partial charge on any atom is -0.512 e. The van der Waals surface area contributed by atoms with E-state index in [9.17, 15) is 4.79 Å². The van der Waals surface area contributed by atoms with Gasteiger partial charge in [-0.25, -0.2) is 4.98 Å². The van der Waals surface area contributed by atoms with Gasteiger partial charge in [0.1, 0.15) is 5.76 Å². The van der Waals surface area contributed by atoms with Crippen molar-refractivity contribution in [2.24, 2.45) is 0 Å². The first-order valence-corrected chi connectivity index (χ1v) is 14.7. The number of allylic oxidation sites excluding steroid dienone is 2. The van der Waals surface area contributed by atoms with Crippen molar-refractivity contribution in [1.82, 2.24) is 9.97 Å². The molecule has 0 amide bonds. The van der Waals surface area contributed by atoms with Gasteiger partial charge in [-0.15, -0.1) is 18.2 Å². The van der Waals surface area contributed by atoms with E-state index in [0.29, 0.717) is 5.71 Å². The van der Waals surface area contributed by atoms with Gasteiger partial charge >= 0.3 is 0 Å². The van der Waals surface area contributed by atoms with Crippen molar-refractivity contribution in [1.29, 1.82) is 0 Å². The number of carbonyl (C=O) groups is 1. The van der Waals surface area contributed by atoms with Crippen LogP contribution in [0.3, 0.4) is 0 Å². The number of hydrogen-bond donors (Lipinski definition) is 1. The van der Waals surface area contributed by atoms with Crippen molar-refractivity contribution >= 4 is 38.8 Å². The van der Waals surface area contributed by atoms with Crippen LogP contribution >= 0.6 is 0 Å². The zero-order valence-electron chi connectivity index (χ0n) is 27.3. The van der Waals surface area contributed by atoms with E-state index >= 15 is 0 Å². The Labute approximate surface area is 277 Å². The maximum Gasteiger partial charge on any atom is 0.216 e. The van der Waals surface area contributed by atoms with E-state index in [1.54, 1.807) is 6.20 Å². The van der Waals surface area contributed by atoms with E-state index in [4.69, 9.17) is 18.9 Å². The minimum absolute atomic E-state index is 0. The van der Waals surface area contributed by atoms with Crippen LogP contribution in [0.5, 0.6) is 0 Å². The average Bonchev–Trinajstić information content (AvgIpc) is 3.52. The number of ketones is 1. The Hall–Kier alpha value is -4.06. The van der Waals surface area contributed by atoms with E-state index < -0.39 is 0 Å². The molecule has 0 spiro atoms. The zero-order chi connectivity index (χ0) is 32.0. The number of aryl methyl sites for hydroxylation is 1. The Kier molecular flexibility index (Phi) is 9.58. The molecule has 0 aliphatic carbocycles. The summed E-state index contributed by atoms with van der Waals surface area (Å²) in [6.07, 6.45) is 2.96. The summed E-state index contributed by atoms with van der Waals surface area (Å²) in [5, 5.41) is 11.4. The standard InChI is InChI=1S/C33H31N2O2.C5H8O2.Ir/c1-19-11-12-25-24-9-8-10-26(30(24)37-31(25)35-19)27-15-21-16-28(36-29(21)18-34-27)20-13-22(32(2,3)4)17-23(14-20)33(5,6)7;1-4(6)3-5(2)7;/h8-9,11-18H,1-7H3;3,6H,1-2H3;/q-1;;/b;4-3-;. The summed E-state index contributed by atoms with van der Waals surface area (Å²) < 4.78 is 12.5. The molecule has 4 heterocycles. The number of carbonyl (C=O) groups excluding carboxylic acids is 1. The molecule has 0 aliphatic heterocycles. The second-order valence-corrected chi connectivity index (χ2v) is 13.4. The van der Waals surface area contributed by atoms with Crippen molar-refractivity contribution < 1.29 is 38.8 Å². The fourth-order valence-corrected chi connectivity index (χ4v) is 5.06. The number of hydrogen-bond acceptors (Lipinski definition) is 6. The van der Waals surface area contributed by atoms with Gasteiger partial charge in [-0.2, -0.15) is 0 Å². The third-order valence-corrected chi connectivity index (χ3v) is 7.46. The topological polar surface area (TPSA) is 89.4 Å². The number of pyridine rings is 2. The van der Waals surface area contributed by atoms with Crippen LogP contribution in [0.25, 0.3) is 55.6 Å². The summed E-state index contributed by atoms with van der Waals surface area (Å²) in [6, 6.07) is 22.3. The predicted molar refractivity (Wildman–Crippen MR) is 178 cm³/mol. The summed E-state index contributed by atoms with van der Waals surface area (Å²) in [6.45, 7) is 18.3. The van der Waals surface area contributed by atoms with Crippen LogP contribution in [0.4, 0.5) is 0 Å². The second-order valence-electron chi connectivity index (χ2n) is 13.4. The Bertz CT molecular complexity index is 2020. The maximum atomic E-state index is 10.0. The number of benzene rings is 2. The van der Waals surface area contributed by atoms with Crippen LogP contribution < -0.4 is 0 Å². The normalized spacial score (nSPS) is 12.2. The zero-order valence-corrected chi connectivity index (χ0v) is 29.6. The van der Waals surface area contributed by atoms with Crippen LogP contribution in [0.15, 0.2) is 81.5 Å². The number of aliphatic hydroxyl groups excluding tert-OH is 1. The molecular weight excluding hydrogens is 741 g/mol. The molecule has 0 unspecified atom stereocenters. The Morgan fingerprint density at radius 3 is 2.13 bits per heavy atom. The summed E-state index contributed by atoms with van der Waals surface area (Å²) in [5.74, 6) is 0.781. The first kappa shape index (κ1) is 33.8. The molecule has 7 heteroatoms. The quantitative estimate of drug-likeness (QED) is 0.109. The van der Waals surface area contributed by atoms with Gasteiger partial charge in [0.05, 0.1) is 17.5 Å². The van der Waals surface area contributed by atoms with Gasteiger partial charge in [-0.3, -0.25) is 4.79 Å². The maximum absolute atomic E-state index is 10.0. The molecule has 2 aromatic carbocycles. The molecule has 6 aromatic rings. The van der Waals surface area contributed by atoms with Gasteiger partial charge in [-0.05, 0) is 78.8 Å². The largest absolute Gasteiger partial charge is 0.512 e. The number of fused-ring (bicyclic) bond motifs is 4. The van der Waals surface area contributed by atoms with Crippen molar-refractivity contribution in [2.45, 2.75) is 73.1 Å². The number of aliphatic hydroxyl groups is 1. The molecule has 0 aliphatic rings.